The summed E-state index contributed by atoms with van der Waals surface area (Å²) >= 11 is 0. The average molecular weight is 214 g/mol. The number of rotatable bonds is 9. The van der Waals surface area contributed by atoms with Gasteiger partial charge < -0.3 is 15.3 Å². The molecule has 1 aliphatic rings. The van der Waals surface area contributed by atoms with Gasteiger partial charge in [0.1, 0.15) is 0 Å². The van der Waals surface area contributed by atoms with Crippen LogP contribution >= 0.6 is 0 Å². The van der Waals surface area contributed by atoms with Crippen LogP contribution in [0.25, 0.3) is 0 Å². The van der Waals surface area contributed by atoms with E-state index in [1.807, 2.05) is 0 Å². The maximum Gasteiger partial charge on any atom is 0.0446 e. The first kappa shape index (κ1) is 12.9. The summed E-state index contributed by atoms with van der Waals surface area (Å²) < 4.78 is 0. The van der Waals surface area contributed by atoms with Crippen molar-refractivity contribution < 1.29 is 5.11 Å². The first-order valence-electron chi connectivity index (χ1n) is 6.36. The van der Waals surface area contributed by atoms with Gasteiger partial charge in [0, 0.05) is 25.7 Å². The molecule has 90 valence electrons. The van der Waals surface area contributed by atoms with Crippen molar-refractivity contribution in [2.75, 3.05) is 32.8 Å². The van der Waals surface area contributed by atoms with E-state index in [2.05, 4.69) is 24.1 Å². The van der Waals surface area contributed by atoms with Gasteiger partial charge in [-0.2, -0.15) is 0 Å². The summed E-state index contributed by atoms with van der Waals surface area (Å²) in [5.74, 6) is 0.960. The Hall–Kier alpha value is -0.120. The molecule has 2 N–H and O–H groups in total. The van der Waals surface area contributed by atoms with Gasteiger partial charge in [-0.1, -0.05) is 13.8 Å². The number of hydrogen-bond donors (Lipinski definition) is 2. The lowest BCUT2D eigenvalue weighted by Gasteiger charge is -2.26. The Morgan fingerprint density at radius 3 is 2.60 bits per heavy atom. The van der Waals surface area contributed by atoms with Crippen molar-refractivity contribution >= 4 is 0 Å². The van der Waals surface area contributed by atoms with Gasteiger partial charge in [0.15, 0.2) is 0 Å². The summed E-state index contributed by atoms with van der Waals surface area (Å²) in [5, 5.41) is 12.4. The lowest BCUT2D eigenvalue weighted by molar-refractivity contribution is 0.209. The second-order valence-electron chi connectivity index (χ2n) is 4.56. The molecule has 0 spiro atoms. The van der Waals surface area contributed by atoms with Crippen molar-refractivity contribution in [1.29, 1.82) is 0 Å². The minimum atomic E-state index is 0.290. The molecule has 1 atom stereocenters. The van der Waals surface area contributed by atoms with E-state index >= 15 is 0 Å². The minimum Gasteiger partial charge on any atom is -0.396 e. The van der Waals surface area contributed by atoms with Gasteiger partial charge in [0.05, 0.1) is 0 Å². The van der Waals surface area contributed by atoms with Crippen molar-refractivity contribution in [3.05, 3.63) is 0 Å². The molecule has 1 unspecified atom stereocenters. The molecule has 0 heterocycles. The molecule has 3 nitrogen and oxygen atoms in total. The van der Waals surface area contributed by atoms with Crippen LogP contribution in [0.3, 0.4) is 0 Å². The summed E-state index contributed by atoms with van der Waals surface area (Å²) in [6, 6.07) is 0.457. The number of nitrogens with zero attached hydrogens (tertiary/aromatic N) is 1. The fourth-order valence-electron chi connectivity index (χ4n) is 2.01. The minimum absolute atomic E-state index is 0.290. The molecule has 15 heavy (non-hydrogen) atoms. The van der Waals surface area contributed by atoms with Gasteiger partial charge in [-0.3, -0.25) is 0 Å². The van der Waals surface area contributed by atoms with E-state index in [0.29, 0.717) is 12.6 Å². The molecular weight excluding hydrogens is 188 g/mol. The fourth-order valence-corrected chi connectivity index (χ4v) is 2.01. The van der Waals surface area contributed by atoms with Gasteiger partial charge in [0.2, 0.25) is 0 Å². The molecule has 0 aromatic rings. The monoisotopic (exact) mass is 214 g/mol. The van der Waals surface area contributed by atoms with Crippen molar-refractivity contribution in [2.45, 2.75) is 39.2 Å². The first-order chi connectivity index (χ1) is 7.30. The molecule has 0 radical (unpaired) electrons. The highest BCUT2D eigenvalue weighted by molar-refractivity contribution is 4.79. The molecule has 0 saturated heterocycles. The number of likely N-dealkylation sites (N-methyl/N-ethyl adjacent to an activating group) is 2. The number of aliphatic hydroxyl groups excluding tert-OH is 1. The smallest absolute Gasteiger partial charge is 0.0446 e. The third-order valence-corrected chi connectivity index (χ3v) is 3.11. The Morgan fingerprint density at radius 1 is 1.40 bits per heavy atom. The SMILES string of the molecule is CCNC(CCO)CN(CC)CC1CC1. The highest BCUT2D eigenvalue weighted by Crippen LogP contribution is 2.29. The maximum absolute atomic E-state index is 8.98. The molecule has 1 fully saturated rings. The van der Waals surface area contributed by atoms with Gasteiger partial charge in [0.25, 0.3) is 0 Å². The van der Waals surface area contributed by atoms with Crippen LogP contribution in [0.15, 0.2) is 0 Å². The summed E-state index contributed by atoms with van der Waals surface area (Å²) in [6.07, 6.45) is 3.71. The van der Waals surface area contributed by atoms with Gasteiger partial charge in [-0.15, -0.1) is 0 Å². The number of aliphatic hydroxyl groups is 1. The van der Waals surface area contributed by atoms with Crippen LogP contribution in [-0.4, -0.2) is 48.8 Å². The third kappa shape index (κ3) is 5.50. The molecule has 0 aromatic heterocycles. The van der Waals surface area contributed by atoms with Gasteiger partial charge in [-0.05, 0) is 38.3 Å². The lowest BCUT2D eigenvalue weighted by atomic mass is 10.2. The van der Waals surface area contributed by atoms with Crippen LogP contribution in [0, 0.1) is 5.92 Å². The maximum atomic E-state index is 8.98. The van der Waals surface area contributed by atoms with E-state index in [9.17, 15) is 0 Å². The molecule has 1 aliphatic carbocycles. The van der Waals surface area contributed by atoms with E-state index in [-0.39, 0.29) is 0 Å². The molecule has 3 heteroatoms. The van der Waals surface area contributed by atoms with E-state index < -0.39 is 0 Å². The zero-order chi connectivity index (χ0) is 11.1. The highest BCUT2D eigenvalue weighted by atomic mass is 16.3. The van der Waals surface area contributed by atoms with E-state index in [1.54, 1.807) is 0 Å². The normalized spacial score (nSPS) is 18.4. The largest absolute Gasteiger partial charge is 0.396 e. The summed E-state index contributed by atoms with van der Waals surface area (Å²) in [4.78, 5) is 2.51. The van der Waals surface area contributed by atoms with Crippen LogP contribution < -0.4 is 5.32 Å². The van der Waals surface area contributed by atoms with E-state index in [4.69, 9.17) is 5.11 Å². The average Bonchev–Trinajstić information content (AvgIpc) is 3.01. The molecule has 1 saturated carbocycles. The molecule has 0 aromatic carbocycles. The quantitative estimate of drug-likeness (QED) is 0.603. The Kier molecular flexibility index (Phi) is 6.22. The number of hydrogen-bond acceptors (Lipinski definition) is 3. The second kappa shape index (κ2) is 7.20. The van der Waals surface area contributed by atoms with E-state index in [1.165, 1.54) is 19.4 Å². The van der Waals surface area contributed by atoms with Gasteiger partial charge >= 0.3 is 0 Å². The Morgan fingerprint density at radius 2 is 2.13 bits per heavy atom. The van der Waals surface area contributed by atoms with Crippen molar-refractivity contribution in [2.24, 2.45) is 5.92 Å². The van der Waals surface area contributed by atoms with Crippen LogP contribution in [0.4, 0.5) is 0 Å². The fraction of sp³-hybridized carbons (Fsp3) is 1.00. The summed E-state index contributed by atoms with van der Waals surface area (Å²) in [5.41, 5.74) is 0. The predicted molar refractivity (Wildman–Crippen MR) is 64.0 cm³/mol. The highest BCUT2D eigenvalue weighted by Gasteiger charge is 2.24. The molecule has 0 aliphatic heterocycles. The molecule has 0 bridgehead atoms. The van der Waals surface area contributed by atoms with Gasteiger partial charge in [-0.25, -0.2) is 0 Å². The molecular formula is C12H26N2O. The van der Waals surface area contributed by atoms with Crippen LogP contribution in [0.2, 0.25) is 0 Å². The second-order valence-corrected chi connectivity index (χ2v) is 4.56. The van der Waals surface area contributed by atoms with Crippen molar-refractivity contribution in [3.63, 3.8) is 0 Å². The zero-order valence-electron chi connectivity index (χ0n) is 10.2. The van der Waals surface area contributed by atoms with Crippen molar-refractivity contribution in [1.82, 2.24) is 10.2 Å². The first-order valence-corrected chi connectivity index (χ1v) is 6.36. The molecule has 1 rings (SSSR count). The third-order valence-electron chi connectivity index (χ3n) is 3.11. The topological polar surface area (TPSA) is 35.5 Å². The number of nitrogens with one attached hydrogen (secondary N) is 1. The summed E-state index contributed by atoms with van der Waals surface area (Å²) in [7, 11) is 0. The predicted octanol–water partition coefficient (Wildman–Crippen LogP) is 1.08. The zero-order valence-corrected chi connectivity index (χ0v) is 10.2. The summed E-state index contributed by atoms with van der Waals surface area (Å²) in [6.45, 7) is 9.10. The Labute approximate surface area is 93.9 Å². The van der Waals surface area contributed by atoms with Crippen LogP contribution in [-0.2, 0) is 0 Å². The van der Waals surface area contributed by atoms with Crippen LogP contribution in [0.1, 0.15) is 33.1 Å². The van der Waals surface area contributed by atoms with Crippen molar-refractivity contribution in [3.8, 4) is 0 Å². The Bertz CT molecular complexity index is 154. The Balaban J connectivity index is 2.24. The standard InChI is InChI=1S/C12H26N2O/c1-3-13-12(7-8-15)10-14(4-2)9-11-5-6-11/h11-13,15H,3-10H2,1-2H3. The van der Waals surface area contributed by atoms with E-state index in [0.717, 1.165) is 32.0 Å². The van der Waals surface area contributed by atoms with Crippen LogP contribution in [0.5, 0.6) is 0 Å². The lowest BCUT2D eigenvalue weighted by Crippen LogP contribution is -2.42. The molecule has 0 amide bonds.